The number of fused-ring (bicyclic) bond motifs is 1. The lowest BCUT2D eigenvalue weighted by molar-refractivity contribution is 0.00739. The van der Waals surface area contributed by atoms with Crippen molar-refractivity contribution in [3.05, 3.63) is 35.7 Å². The van der Waals surface area contributed by atoms with Crippen LogP contribution < -0.4 is 10.6 Å². The number of nitrogens with zero attached hydrogens (tertiary/aromatic N) is 4. The molecule has 0 unspecified atom stereocenters. The van der Waals surface area contributed by atoms with Gasteiger partial charge in [0.1, 0.15) is 5.52 Å². The third-order valence-electron chi connectivity index (χ3n) is 6.63. The average Bonchev–Trinajstić information content (AvgIpc) is 3.35. The van der Waals surface area contributed by atoms with Gasteiger partial charge in [-0.3, -0.25) is 4.90 Å². The Morgan fingerprint density at radius 2 is 1.86 bits per heavy atom. The molecule has 0 atom stereocenters. The summed E-state index contributed by atoms with van der Waals surface area (Å²) in [6.45, 7) is 11.3. The minimum atomic E-state index is -0.199. The molecule has 1 aromatic carbocycles. The number of nitrogens with one attached hydrogen (secondary N) is 3. The van der Waals surface area contributed by atoms with Crippen LogP contribution in [0.1, 0.15) is 37.8 Å². The molecule has 2 saturated heterocycles. The number of ether oxygens (including phenoxy) is 2. The van der Waals surface area contributed by atoms with Crippen LogP contribution in [-0.2, 0) is 9.47 Å². The number of morpholine rings is 1. The van der Waals surface area contributed by atoms with Gasteiger partial charge in [0.25, 0.3) is 0 Å². The van der Waals surface area contributed by atoms with Crippen molar-refractivity contribution in [3.8, 4) is 11.8 Å². The molecule has 0 radical (unpaired) electrons. The van der Waals surface area contributed by atoms with Crippen LogP contribution in [0.2, 0.25) is 0 Å². The Morgan fingerprint density at radius 3 is 2.63 bits per heavy atom. The van der Waals surface area contributed by atoms with Gasteiger partial charge in [0.05, 0.1) is 25.1 Å². The number of hydrogen-bond donors (Lipinski definition) is 3. The average molecular weight is 476 g/mol. The van der Waals surface area contributed by atoms with E-state index < -0.39 is 0 Å². The summed E-state index contributed by atoms with van der Waals surface area (Å²) in [6.07, 6.45) is 3.54. The highest BCUT2D eigenvalue weighted by Crippen LogP contribution is 2.25. The van der Waals surface area contributed by atoms with Gasteiger partial charge in [-0.1, -0.05) is 11.8 Å². The van der Waals surface area contributed by atoms with Crippen molar-refractivity contribution in [2.45, 2.75) is 45.2 Å². The van der Waals surface area contributed by atoms with Gasteiger partial charge >= 0.3 is 0 Å². The Morgan fingerprint density at radius 1 is 1.09 bits per heavy atom. The molecule has 0 amide bonds. The summed E-state index contributed by atoms with van der Waals surface area (Å²) < 4.78 is 11.0. The highest BCUT2D eigenvalue weighted by molar-refractivity contribution is 5.84. The first-order valence-corrected chi connectivity index (χ1v) is 12.3. The maximum absolute atomic E-state index is 5.48. The molecule has 184 valence electrons. The number of aromatic nitrogens is 4. The molecule has 5 rings (SSSR count). The minimum Gasteiger partial charge on any atom is -0.381 e. The van der Waals surface area contributed by atoms with Crippen molar-refractivity contribution in [1.29, 1.82) is 0 Å². The SMILES string of the molecule is Cc1cc(C#CC(C)(C)N2CCOCC2)ccc1Nc1nc(NC2CCOCC2)c2nc[nH]c2n1. The van der Waals surface area contributed by atoms with E-state index in [9.17, 15) is 0 Å². The monoisotopic (exact) mass is 475 g/mol. The van der Waals surface area contributed by atoms with Gasteiger partial charge < -0.3 is 25.1 Å². The third-order valence-corrected chi connectivity index (χ3v) is 6.63. The standard InChI is InChI=1S/C26H33N7O2/c1-18-16-19(6-9-26(2,3)33-10-14-35-15-11-33)4-5-21(18)30-25-31-23-22(27-17-28-23)24(32-25)29-20-7-12-34-13-8-20/h4-5,16-17,20H,7-8,10-15H2,1-3H3,(H3,27,28,29,30,31,32). The molecule has 0 aliphatic carbocycles. The quantitative estimate of drug-likeness (QED) is 0.483. The van der Waals surface area contributed by atoms with E-state index in [-0.39, 0.29) is 5.54 Å². The molecule has 9 nitrogen and oxygen atoms in total. The van der Waals surface area contributed by atoms with E-state index in [1.165, 1.54) is 0 Å². The smallest absolute Gasteiger partial charge is 0.231 e. The Hall–Kier alpha value is -3.19. The zero-order chi connectivity index (χ0) is 24.3. The molecule has 2 aliphatic rings. The second kappa shape index (κ2) is 10.2. The van der Waals surface area contributed by atoms with Crippen molar-refractivity contribution in [2.75, 3.05) is 50.2 Å². The third kappa shape index (κ3) is 5.56. The molecule has 2 aromatic heterocycles. The van der Waals surface area contributed by atoms with Crippen LogP contribution in [0.3, 0.4) is 0 Å². The van der Waals surface area contributed by atoms with Crippen LogP contribution in [0, 0.1) is 18.8 Å². The van der Waals surface area contributed by atoms with Crippen molar-refractivity contribution < 1.29 is 9.47 Å². The molecular weight excluding hydrogens is 442 g/mol. The summed E-state index contributed by atoms with van der Waals surface area (Å²) in [5.74, 6) is 8.07. The first kappa shape index (κ1) is 23.5. The van der Waals surface area contributed by atoms with Gasteiger partial charge in [-0.2, -0.15) is 9.97 Å². The second-order valence-electron chi connectivity index (χ2n) is 9.59. The number of H-pyrrole nitrogens is 1. The Balaban J connectivity index is 1.33. The van der Waals surface area contributed by atoms with Gasteiger partial charge in [-0.25, -0.2) is 4.98 Å². The maximum Gasteiger partial charge on any atom is 0.231 e. The summed E-state index contributed by atoms with van der Waals surface area (Å²) in [4.78, 5) is 19.3. The second-order valence-corrected chi connectivity index (χ2v) is 9.59. The first-order chi connectivity index (χ1) is 17.0. The lowest BCUT2D eigenvalue weighted by atomic mass is 10.0. The van der Waals surface area contributed by atoms with Crippen LogP contribution in [0.5, 0.6) is 0 Å². The summed E-state index contributed by atoms with van der Waals surface area (Å²) in [5.41, 5.74) is 4.25. The molecular formula is C26H33N7O2. The van der Waals surface area contributed by atoms with E-state index in [0.29, 0.717) is 17.6 Å². The molecule has 0 spiro atoms. The highest BCUT2D eigenvalue weighted by atomic mass is 16.5. The molecule has 2 fully saturated rings. The van der Waals surface area contributed by atoms with Crippen molar-refractivity contribution in [1.82, 2.24) is 24.8 Å². The fourth-order valence-corrected chi connectivity index (χ4v) is 4.46. The van der Waals surface area contributed by atoms with Crippen molar-refractivity contribution in [2.24, 2.45) is 0 Å². The van der Waals surface area contributed by atoms with Crippen LogP contribution in [0.4, 0.5) is 17.5 Å². The molecule has 3 N–H and O–H groups in total. The maximum atomic E-state index is 5.48. The van der Waals surface area contributed by atoms with Gasteiger partial charge in [-0.05, 0) is 57.4 Å². The predicted octanol–water partition coefficient (Wildman–Crippen LogP) is 3.46. The number of imidazole rings is 1. The molecule has 9 heteroatoms. The largest absolute Gasteiger partial charge is 0.381 e. The molecule has 3 aromatic rings. The van der Waals surface area contributed by atoms with Crippen LogP contribution >= 0.6 is 0 Å². The number of aromatic amines is 1. The Kier molecular flexibility index (Phi) is 6.86. The lowest BCUT2D eigenvalue weighted by Crippen LogP contribution is -2.49. The zero-order valence-corrected chi connectivity index (χ0v) is 20.6. The van der Waals surface area contributed by atoms with Crippen molar-refractivity contribution in [3.63, 3.8) is 0 Å². The summed E-state index contributed by atoms with van der Waals surface area (Å²) in [5, 5.41) is 6.91. The number of hydrogen-bond acceptors (Lipinski definition) is 8. The summed E-state index contributed by atoms with van der Waals surface area (Å²) in [7, 11) is 0. The summed E-state index contributed by atoms with van der Waals surface area (Å²) in [6, 6.07) is 6.48. The predicted molar refractivity (Wildman–Crippen MR) is 137 cm³/mol. The Labute approximate surface area is 206 Å². The van der Waals surface area contributed by atoms with Gasteiger partial charge in [0.2, 0.25) is 5.95 Å². The number of anilines is 3. The lowest BCUT2D eigenvalue weighted by Gasteiger charge is -2.37. The molecule has 35 heavy (non-hydrogen) atoms. The van der Waals surface area contributed by atoms with E-state index in [2.05, 4.69) is 69.2 Å². The first-order valence-electron chi connectivity index (χ1n) is 12.3. The Bertz CT molecular complexity index is 1230. The van der Waals surface area contributed by atoms with E-state index >= 15 is 0 Å². The van der Waals surface area contributed by atoms with E-state index in [1.54, 1.807) is 6.33 Å². The summed E-state index contributed by atoms with van der Waals surface area (Å²) >= 11 is 0. The number of rotatable bonds is 5. The number of aryl methyl sites for hydroxylation is 1. The van der Waals surface area contributed by atoms with Gasteiger partial charge in [0, 0.05) is 43.6 Å². The van der Waals surface area contributed by atoms with Gasteiger partial charge in [-0.15, -0.1) is 0 Å². The van der Waals surface area contributed by atoms with E-state index in [1.807, 2.05) is 12.1 Å². The van der Waals surface area contributed by atoms with Crippen LogP contribution in [-0.4, -0.2) is 75.9 Å². The molecule has 2 aliphatic heterocycles. The fourth-order valence-electron chi connectivity index (χ4n) is 4.46. The highest BCUT2D eigenvalue weighted by Gasteiger charge is 2.26. The molecule has 0 saturated carbocycles. The van der Waals surface area contributed by atoms with Gasteiger partial charge in [0.15, 0.2) is 11.5 Å². The van der Waals surface area contributed by atoms with Crippen LogP contribution in [0.25, 0.3) is 11.2 Å². The zero-order valence-electron chi connectivity index (χ0n) is 20.6. The normalized spacial score (nSPS) is 17.7. The minimum absolute atomic E-state index is 0.199. The van der Waals surface area contributed by atoms with Crippen molar-refractivity contribution >= 4 is 28.6 Å². The van der Waals surface area contributed by atoms with E-state index in [4.69, 9.17) is 14.5 Å². The van der Waals surface area contributed by atoms with E-state index in [0.717, 1.165) is 80.5 Å². The fraction of sp³-hybridized carbons (Fsp3) is 0.500. The van der Waals surface area contributed by atoms with Crippen LogP contribution in [0.15, 0.2) is 24.5 Å². The molecule has 0 bridgehead atoms. The topological polar surface area (TPSA) is 100 Å². The number of benzene rings is 1. The molecule has 4 heterocycles.